The number of hydrogen-bond acceptors (Lipinski definition) is 3. The summed E-state index contributed by atoms with van der Waals surface area (Å²) in [6.45, 7) is 5.10. The zero-order valence-corrected chi connectivity index (χ0v) is 13.7. The molecule has 0 spiro atoms. The van der Waals surface area contributed by atoms with E-state index in [4.69, 9.17) is 4.74 Å². The summed E-state index contributed by atoms with van der Waals surface area (Å²) in [6.07, 6.45) is 3.37. The van der Waals surface area contributed by atoms with Gasteiger partial charge in [0.05, 0.1) is 13.2 Å². The fourth-order valence-corrected chi connectivity index (χ4v) is 3.07. The Morgan fingerprint density at radius 1 is 1.22 bits per heavy atom. The molecule has 2 N–H and O–H groups in total. The summed E-state index contributed by atoms with van der Waals surface area (Å²) in [4.78, 5) is 14.5. The number of hydrogen-bond donors (Lipinski definition) is 2. The molecule has 2 fully saturated rings. The molecule has 1 atom stereocenters. The predicted molar refractivity (Wildman–Crippen MR) is 90.5 cm³/mol. The molecule has 0 bridgehead atoms. The van der Waals surface area contributed by atoms with Crippen LogP contribution in [0.15, 0.2) is 30.3 Å². The molecule has 0 radical (unpaired) electrons. The first-order valence-corrected chi connectivity index (χ1v) is 8.69. The van der Waals surface area contributed by atoms with Gasteiger partial charge in [0.2, 0.25) is 0 Å². The van der Waals surface area contributed by atoms with Gasteiger partial charge >= 0.3 is 6.03 Å². The fraction of sp³-hybridized carbons (Fsp3) is 0.611. The maximum Gasteiger partial charge on any atom is 0.315 e. The third-order valence-corrected chi connectivity index (χ3v) is 4.62. The van der Waals surface area contributed by atoms with Crippen molar-refractivity contribution in [1.29, 1.82) is 0 Å². The first kappa shape index (κ1) is 16.3. The number of ether oxygens (including phenoxy) is 1. The second kappa shape index (κ2) is 8.31. The molecule has 126 valence electrons. The van der Waals surface area contributed by atoms with Crippen LogP contribution in [0.25, 0.3) is 0 Å². The molecule has 2 amide bonds. The summed E-state index contributed by atoms with van der Waals surface area (Å²) >= 11 is 0. The highest BCUT2D eigenvalue weighted by molar-refractivity contribution is 5.74. The van der Waals surface area contributed by atoms with Gasteiger partial charge in [-0.2, -0.15) is 0 Å². The molecule has 1 saturated carbocycles. The Morgan fingerprint density at radius 3 is 2.65 bits per heavy atom. The van der Waals surface area contributed by atoms with Crippen molar-refractivity contribution in [3.8, 4) is 0 Å². The van der Waals surface area contributed by atoms with Gasteiger partial charge in [-0.25, -0.2) is 4.79 Å². The lowest BCUT2D eigenvalue weighted by molar-refractivity contribution is 0.0387. The van der Waals surface area contributed by atoms with Crippen LogP contribution >= 0.6 is 0 Å². The van der Waals surface area contributed by atoms with Crippen molar-refractivity contribution >= 4 is 6.03 Å². The first-order valence-electron chi connectivity index (χ1n) is 8.69. The van der Waals surface area contributed by atoms with Crippen molar-refractivity contribution in [2.24, 2.45) is 5.92 Å². The summed E-state index contributed by atoms with van der Waals surface area (Å²) in [5.41, 5.74) is 1.29. The highest BCUT2D eigenvalue weighted by Gasteiger charge is 2.32. The van der Waals surface area contributed by atoms with E-state index in [-0.39, 0.29) is 12.1 Å². The van der Waals surface area contributed by atoms with Crippen LogP contribution in [0.3, 0.4) is 0 Å². The second-order valence-electron chi connectivity index (χ2n) is 6.49. The lowest BCUT2D eigenvalue weighted by Crippen LogP contribution is -2.47. The Hall–Kier alpha value is -1.59. The summed E-state index contributed by atoms with van der Waals surface area (Å²) in [7, 11) is 0. The van der Waals surface area contributed by atoms with E-state index < -0.39 is 0 Å². The first-order chi connectivity index (χ1) is 11.3. The summed E-state index contributed by atoms with van der Waals surface area (Å²) in [5.74, 6) is 0.639. The van der Waals surface area contributed by atoms with Crippen molar-refractivity contribution in [2.45, 2.75) is 25.3 Å². The largest absolute Gasteiger partial charge is 0.379 e. The van der Waals surface area contributed by atoms with Crippen molar-refractivity contribution in [3.63, 3.8) is 0 Å². The molecule has 5 nitrogen and oxygen atoms in total. The van der Waals surface area contributed by atoms with Crippen molar-refractivity contribution in [3.05, 3.63) is 35.9 Å². The molecule has 1 heterocycles. The van der Waals surface area contributed by atoms with Gasteiger partial charge in [0.1, 0.15) is 0 Å². The zero-order valence-electron chi connectivity index (χ0n) is 13.7. The molecule has 3 rings (SSSR count). The minimum atomic E-state index is -0.0360. The smallest absolute Gasteiger partial charge is 0.315 e. The molecular formula is C18H27N3O2. The Kier molecular flexibility index (Phi) is 5.88. The Bertz CT molecular complexity index is 484. The van der Waals surface area contributed by atoms with Crippen LogP contribution in [0.1, 0.15) is 18.4 Å². The Morgan fingerprint density at radius 2 is 1.96 bits per heavy atom. The van der Waals surface area contributed by atoms with Gasteiger partial charge in [-0.1, -0.05) is 30.3 Å². The third kappa shape index (κ3) is 5.52. The number of nitrogens with zero attached hydrogens (tertiary/aromatic N) is 1. The van der Waals surface area contributed by atoms with E-state index in [2.05, 4.69) is 39.8 Å². The minimum absolute atomic E-state index is 0.0360. The van der Waals surface area contributed by atoms with Gasteiger partial charge in [0.15, 0.2) is 0 Å². The van der Waals surface area contributed by atoms with Gasteiger partial charge in [-0.15, -0.1) is 0 Å². The number of urea groups is 1. The number of carbonyl (C=O) groups is 1. The third-order valence-electron chi connectivity index (χ3n) is 4.62. The fourth-order valence-electron chi connectivity index (χ4n) is 3.07. The molecule has 0 aromatic heterocycles. The molecule has 2 aliphatic rings. The molecule has 1 aromatic carbocycles. The van der Waals surface area contributed by atoms with Crippen LogP contribution in [-0.2, 0) is 11.2 Å². The number of nitrogens with one attached hydrogen (secondary N) is 2. The van der Waals surface area contributed by atoms with Crippen LogP contribution in [0, 0.1) is 5.92 Å². The summed E-state index contributed by atoms with van der Waals surface area (Å²) in [5, 5.41) is 6.17. The molecule has 1 aliphatic carbocycles. The SMILES string of the molecule is O=C(NCCN1CCOCC1)N[C@@H](Cc1ccccc1)C1CC1. The molecule has 1 saturated heterocycles. The van der Waals surface area contributed by atoms with Gasteiger partial charge in [0.25, 0.3) is 0 Å². The van der Waals surface area contributed by atoms with Crippen molar-refractivity contribution in [1.82, 2.24) is 15.5 Å². The minimum Gasteiger partial charge on any atom is -0.379 e. The highest BCUT2D eigenvalue weighted by atomic mass is 16.5. The van der Waals surface area contributed by atoms with E-state index in [1.807, 2.05) is 6.07 Å². The van der Waals surface area contributed by atoms with Crippen LogP contribution in [0.4, 0.5) is 4.79 Å². The molecule has 1 aliphatic heterocycles. The predicted octanol–water partition coefficient (Wildman–Crippen LogP) is 1.64. The van der Waals surface area contributed by atoms with Crippen LogP contribution in [-0.4, -0.2) is 56.4 Å². The average molecular weight is 317 g/mol. The number of benzene rings is 1. The van der Waals surface area contributed by atoms with Gasteiger partial charge in [-0.3, -0.25) is 4.90 Å². The lowest BCUT2D eigenvalue weighted by Gasteiger charge is -2.26. The van der Waals surface area contributed by atoms with Crippen LogP contribution in [0.2, 0.25) is 0 Å². The van der Waals surface area contributed by atoms with E-state index in [0.29, 0.717) is 12.5 Å². The monoisotopic (exact) mass is 317 g/mol. The standard InChI is InChI=1S/C18H27N3O2/c22-18(19-8-9-21-10-12-23-13-11-21)20-17(16-6-7-16)14-15-4-2-1-3-5-15/h1-5,16-17H,6-14H2,(H2,19,20,22)/t17-/m0/s1. The van der Waals surface area contributed by atoms with E-state index in [0.717, 1.165) is 39.3 Å². The highest BCUT2D eigenvalue weighted by Crippen LogP contribution is 2.34. The molecule has 0 unspecified atom stereocenters. The van der Waals surface area contributed by atoms with E-state index in [1.54, 1.807) is 0 Å². The van der Waals surface area contributed by atoms with E-state index >= 15 is 0 Å². The van der Waals surface area contributed by atoms with Gasteiger partial charge in [0, 0.05) is 32.2 Å². The lowest BCUT2D eigenvalue weighted by atomic mass is 10.0. The molecule has 5 heteroatoms. The quantitative estimate of drug-likeness (QED) is 0.804. The number of rotatable bonds is 7. The molecular weight excluding hydrogens is 290 g/mol. The van der Waals surface area contributed by atoms with Crippen molar-refractivity contribution < 1.29 is 9.53 Å². The summed E-state index contributed by atoms with van der Waals surface area (Å²) < 4.78 is 5.33. The number of morpholine rings is 1. The zero-order chi connectivity index (χ0) is 15.9. The van der Waals surface area contributed by atoms with E-state index in [1.165, 1.54) is 18.4 Å². The number of amides is 2. The molecule has 1 aromatic rings. The van der Waals surface area contributed by atoms with Crippen LogP contribution < -0.4 is 10.6 Å². The Balaban J connectivity index is 1.39. The average Bonchev–Trinajstić information content (AvgIpc) is 3.41. The van der Waals surface area contributed by atoms with E-state index in [9.17, 15) is 4.79 Å². The number of carbonyl (C=O) groups excluding carboxylic acids is 1. The Labute approximate surface area is 138 Å². The normalized spacial score (nSPS) is 20.0. The van der Waals surface area contributed by atoms with Crippen LogP contribution in [0.5, 0.6) is 0 Å². The maximum absolute atomic E-state index is 12.2. The molecule has 23 heavy (non-hydrogen) atoms. The van der Waals surface area contributed by atoms with Gasteiger partial charge in [-0.05, 0) is 30.7 Å². The topological polar surface area (TPSA) is 53.6 Å². The van der Waals surface area contributed by atoms with Gasteiger partial charge < -0.3 is 15.4 Å². The second-order valence-corrected chi connectivity index (χ2v) is 6.49. The van der Waals surface area contributed by atoms with Crippen molar-refractivity contribution in [2.75, 3.05) is 39.4 Å². The summed E-state index contributed by atoms with van der Waals surface area (Å²) in [6, 6.07) is 10.6. The maximum atomic E-state index is 12.2.